The van der Waals surface area contributed by atoms with E-state index in [4.69, 9.17) is 9.47 Å². The Morgan fingerprint density at radius 2 is 2.09 bits per heavy atom. The minimum atomic E-state index is -0.681. The van der Waals surface area contributed by atoms with Crippen LogP contribution in [0, 0.1) is 0 Å². The molecule has 1 aromatic carbocycles. The van der Waals surface area contributed by atoms with Crippen LogP contribution in [0.2, 0.25) is 0 Å². The number of hydrogen-bond acceptors (Lipinski definition) is 6. The molecule has 23 heavy (non-hydrogen) atoms. The van der Waals surface area contributed by atoms with Gasteiger partial charge < -0.3 is 19.5 Å². The average molecular weight is 383 g/mol. The van der Waals surface area contributed by atoms with E-state index in [9.17, 15) is 14.4 Å². The molecule has 3 amide bonds. The van der Waals surface area contributed by atoms with Crippen molar-refractivity contribution in [3.63, 3.8) is 0 Å². The molecule has 0 saturated carbocycles. The van der Waals surface area contributed by atoms with Crippen LogP contribution >= 0.6 is 15.9 Å². The minimum Gasteiger partial charge on any atom is -0.468 e. The van der Waals surface area contributed by atoms with Gasteiger partial charge in [0.25, 0.3) is 5.91 Å². The number of esters is 1. The number of hydrogen-bond donors (Lipinski definition) is 1. The van der Waals surface area contributed by atoms with Gasteiger partial charge in [-0.3, -0.25) is 9.59 Å². The smallest absolute Gasteiger partial charge is 0.329 e. The lowest BCUT2D eigenvalue weighted by molar-refractivity contribution is -0.143. The summed E-state index contributed by atoms with van der Waals surface area (Å²) in [5.74, 6) is -0.152. The molecule has 9 heteroatoms. The third-order valence-electron chi connectivity index (χ3n) is 3.27. The van der Waals surface area contributed by atoms with Crippen LogP contribution in [0.3, 0.4) is 0 Å². The normalized spacial score (nSPS) is 17.7. The third kappa shape index (κ3) is 2.87. The molecule has 0 bridgehead atoms. The van der Waals surface area contributed by atoms with Crippen LogP contribution in [0.15, 0.2) is 22.3 Å². The fourth-order valence-corrected chi connectivity index (χ4v) is 2.54. The van der Waals surface area contributed by atoms with Gasteiger partial charge in [-0.25, -0.2) is 9.69 Å². The SMILES string of the molecule is COC(=O)CN1C(=O)N/C(=C\c2cc3c(cc2Br)OCO3)C1=O. The zero-order chi connectivity index (χ0) is 16.6. The summed E-state index contributed by atoms with van der Waals surface area (Å²) in [4.78, 5) is 36.0. The summed E-state index contributed by atoms with van der Waals surface area (Å²) in [6.45, 7) is -0.314. The largest absolute Gasteiger partial charge is 0.468 e. The van der Waals surface area contributed by atoms with Gasteiger partial charge in [0.05, 0.1) is 7.11 Å². The number of carbonyl (C=O) groups is 3. The highest BCUT2D eigenvalue weighted by Crippen LogP contribution is 2.37. The zero-order valence-corrected chi connectivity index (χ0v) is 13.5. The van der Waals surface area contributed by atoms with E-state index >= 15 is 0 Å². The first-order valence-electron chi connectivity index (χ1n) is 6.50. The second-order valence-electron chi connectivity index (χ2n) is 4.68. The Bertz CT molecular complexity index is 745. The van der Waals surface area contributed by atoms with Crippen molar-refractivity contribution in [2.45, 2.75) is 0 Å². The van der Waals surface area contributed by atoms with Gasteiger partial charge in [-0.1, -0.05) is 15.9 Å². The van der Waals surface area contributed by atoms with Crippen molar-refractivity contribution in [2.75, 3.05) is 20.4 Å². The number of halogens is 1. The lowest BCUT2D eigenvalue weighted by Gasteiger charge is -2.09. The van der Waals surface area contributed by atoms with Crippen molar-refractivity contribution < 1.29 is 28.6 Å². The summed E-state index contributed by atoms with van der Waals surface area (Å²) in [5.41, 5.74) is 0.677. The number of benzene rings is 1. The van der Waals surface area contributed by atoms with Crippen molar-refractivity contribution in [3.8, 4) is 11.5 Å². The van der Waals surface area contributed by atoms with Crippen LogP contribution in [-0.4, -0.2) is 43.3 Å². The molecule has 0 spiro atoms. The van der Waals surface area contributed by atoms with Crippen molar-refractivity contribution in [1.82, 2.24) is 10.2 Å². The number of nitrogens with zero attached hydrogens (tertiary/aromatic N) is 1. The maximum Gasteiger partial charge on any atom is 0.329 e. The molecule has 1 fully saturated rings. The summed E-state index contributed by atoms with van der Waals surface area (Å²) in [6, 6.07) is 2.72. The lowest BCUT2D eigenvalue weighted by Crippen LogP contribution is -2.36. The average Bonchev–Trinajstić information content (AvgIpc) is 3.07. The number of carbonyl (C=O) groups excluding carboxylic acids is 3. The Hall–Kier alpha value is -2.55. The van der Waals surface area contributed by atoms with Crippen LogP contribution in [0.25, 0.3) is 6.08 Å². The molecule has 0 atom stereocenters. The summed E-state index contributed by atoms with van der Waals surface area (Å²) >= 11 is 3.37. The van der Waals surface area contributed by atoms with Gasteiger partial charge in [0.15, 0.2) is 11.5 Å². The summed E-state index contributed by atoms with van der Waals surface area (Å²) in [6.07, 6.45) is 1.49. The molecule has 2 aliphatic rings. The Morgan fingerprint density at radius 1 is 1.39 bits per heavy atom. The Morgan fingerprint density at radius 3 is 2.78 bits per heavy atom. The standard InChI is InChI=1S/C14H11BrN2O6/c1-21-12(18)5-17-13(19)9(16-14(17)20)2-7-3-10-11(4-8(7)15)23-6-22-10/h2-4H,5-6H2,1H3,(H,16,20)/b9-2-. The highest BCUT2D eigenvalue weighted by molar-refractivity contribution is 9.10. The van der Waals surface area contributed by atoms with Gasteiger partial charge in [0.2, 0.25) is 6.79 Å². The number of ether oxygens (including phenoxy) is 3. The maximum atomic E-state index is 12.2. The number of nitrogens with one attached hydrogen (secondary N) is 1. The van der Waals surface area contributed by atoms with Gasteiger partial charge in [-0.05, 0) is 23.8 Å². The van der Waals surface area contributed by atoms with Crippen molar-refractivity contribution >= 4 is 39.9 Å². The number of fused-ring (bicyclic) bond motifs is 1. The van der Waals surface area contributed by atoms with E-state index in [2.05, 4.69) is 26.0 Å². The van der Waals surface area contributed by atoms with Gasteiger partial charge in [-0.15, -0.1) is 0 Å². The molecule has 1 N–H and O–H groups in total. The number of imide groups is 1. The predicted octanol–water partition coefficient (Wildman–Crippen LogP) is 1.24. The molecule has 0 aliphatic carbocycles. The molecule has 1 saturated heterocycles. The summed E-state index contributed by atoms with van der Waals surface area (Å²) in [5, 5.41) is 2.42. The van der Waals surface area contributed by atoms with Crippen LogP contribution in [-0.2, 0) is 14.3 Å². The topological polar surface area (TPSA) is 94.2 Å². The highest BCUT2D eigenvalue weighted by Gasteiger charge is 2.35. The molecule has 120 valence electrons. The first-order valence-corrected chi connectivity index (χ1v) is 7.29. The van der Waals surface area contributed by atoms with Crippen molar-refractivity contribution in [2.24, 2.45) is 0 Å². The predicted molar refractivity (Wildman–Crippen MR) is 80.5 cm³/mol. The van der Waals surface area contributed by atoms with Gasteiger partial charge in [0, 0.05) is 4.47 Å². The van der Waals surface area contributed by atoms with E-state index in [0.717, 1.165) is 4.90 Å². The molecule has 2 aliphatic heterocycles. The van der Waals surface area contributed by atoms with Crippen LogP contribution in [0.5, 0.6) is 11.5 Å². The van der Waals surface area contributed by atoms with Crippen LogP contribution in [0.4, 0.5) is 4.79 Å². The Labute approximate surface area is 139 Å². The number of rotatable bonds is 3. The monoisotopic (exact) mass is 382 g/mol. The fourth-order valence-electron chi connectivity index (χ4n) is 2.11. The first kappa shape index (κ1) is 15.3. The zero-order valence-electron chi connectivity index (χ0n) is 11.9. The highest BCUT2D eigenvalue weighted by atomic mass is 79.9. The quantitative estimate of drug-likeness (QED) is 0.480. The first-order chi connectivity index (χ1) is 11.0. The molecule has 1 aromatic rings. The van der Waals surface area contributed by atoms with E-state index in [-0.39, 0.29) is 12.5 Å². The van der Waals surface area contributed by atoms with Crippen molar-refractivity contribution in [1.29, 1.82) is 0 Å². The van der Waals surface area contributed by atoms with E-state index in [1.54, 1.807) is 12.1 Å². The van der Waals surface area contributed by atoms with Gasteiger partial charge >= 0.3 is 12.0 Å². The van der Waals surface area contributed by atoms with E-state index in [0.29, 0.717) is 21.5 Å². The van der Waals surface area contributed by atoms with Gasteiger partial charge in [-0.2, -0.15) is 0 Å². The molecule has 3 rings (SSSR count). The Balaban J connectivity index is 1.88. The second-order valence-corrected chi connectivity index (χ2v) is 5.54. The second kappa shape index (κ2) is 5.92. The van der Waals surface area contributed by atoms with Crippen LogP contribution in [0.1, 0.15) is 5.56 Å². The van der Waals surface area contributed by atoms with Gasteiger partial charge in [0.1, 0.15) is 12.2 Å². The van der Waals surface area contributed by atoms with E-state index in [1.165, 1.54) is 13.2 Å². The summed E-state index contributed by atoms with van der Waals surface area (Å²) in [7, 11) is 1.18. The van der Waals surface area contributed by atoms with Crippen LogP contribution < -0.4 is 14.8 Å². The number of amides is 3. The Kier molecular flexibility index (Phi) is 3.95. The molecule has 2 heterocycles. The number of methoxy groups -OCH3 is 1. The molecule has 8 nitrogen and oxygen atoms in total. The molecular weight excluding hydrogens is 372 g/mol. The minimum absolute atomic E-state index is 0.0541. The molecular formula is C14H11BrN2O6. The lowest BCUT2D eigenvalue weighted by atomic mass is 10.1. The molecule has 0 aromatic heterocycles. The fraction of sp³-hybridized carbons (Fsp3) is 0.214. The van der Waals surface area contributed by atoms with E-state index < -0.39 is 24.5 Å². The number of urea groups is 1. The molecule has 0 unspecified atom stereocenters. The summed E-state index contributed by atoms with van der Waals surface area (Å²) < 4.78 is 15.7. The maximum absolute atomic E-state index is 12.2. The van der Waals surface area contributed by atoms with E-state index in [1.807, 2.05) is 0 Å². The van der Waals surface area contributed by atoms with Crippen molar-refractivity contribution in [3.05, 3.63) is 27.9 Å². The third-order valence-corrected chi connectivity index (χ3v) is 3.96. The molecule has 0 radical (unpaired) electrons.